The number of fused-ring (bicyclic) bond motifs is 1. The molecule has 0 heterocycles. The van der Waals surface area contributed by atoms with Crippen molar-refractivity contribution < 1.29 is 14.3 Å². The summed E-state index contributed by atoms with van der Waals surface area (Å²) in [5.41, 5.74) is 0.146. The van der Waals surface area contributed by atoms with Crippen LogP contribution in [0.4, 0.5) is 0 Å². The second-order valence-corrected chi connectivity index (χ2v) is 6.58. The quantitative estimate of drug-likeness (QED) is 0.733. The van der Waals surface area contributed by atoms with Crippen molar-refractivity contribution in [3.05, 3.63) is 0 Å². The van der Waals surface area contributed by atoms with Crippen LogP contribution in [0.25, 0.3) is 0 Å². The lowest BCUT2D eigenvalue weighted by Crippen LogP contribution is -2.40. The van der Waals surface area contributed by atoms with Crippen molar-refractivity contribution in [1.29, 1.82) is 0 Å². The van der Waals surface area contributed by atoms with Crippen LogP contribution in [0.5, 0.6) is 0 Å². The third kappa shape index (κ3) is 2.70. The van der Waals surface area contributed by atoms with Crippen LogP contribution in [0.15, 0.2) is 0 Å². The van der Waals surface area contributed by atoms with Crippen molar-refractivity contribution in [3.63, 3.8) is 0 Å². The number of ketones is 1. The zero-order valence-corrected chi connectivity index (χ0v) is 12.4. The standard InChI is InChI=1S/C16H26O3/c1-4-15(18)19-10-11(2)12-7-8-13-14(17)6-5-9-16(12,13)3/h11-13H,4-10H2,1-3H3/t11-,12-,13+,16-/m1/s1. The van der Waals surface area contributed by atoms with Crippen LogP contribution in [-0.2, 0) is 14.3 Å². The molecule has 2 aliphatic carbocycles. The molecular weight excluding hydrogens is 240 g/mol. The van der Waals surface area contributed by atoms with E-state index in [1.165, 1.54) is 0 Å². The molecular formula is C16H26O3. The van der Waals surface area contributed by atoms with Crippen molar-refractivity contribution in [2.75, 3.05) is 6.61 Å². The Morgan fingerprint density at radius 3 is 2.89 bits per heavy atom. The summed E-state index contributed by atoms with van der Waals surface area (Å²) in [4.78, 5) is 23.3. The zero-order valence-electron chi connectivity index (χ0n) is 12.4. The molecule has 0 radical (unpaired) electrons. The Hall–Kier alpha value is -0.860. The molecule has 2 rings (SSSR count). The summed E-state index contributed by atoms with van der Waals surface area (Å²) in [5.74, 6) is 1.48. The molecule has 0 aliphatic heterocycles. The lowest BCUT2D eigenvalue weighted by atomic mass is 9.62. The zero-order chi connectivity index (χ0) is 14.0. The van der Waals surface area contributed by atoms with E-state index in [1.54, 1.807) is 0 Å². The molecule has 0 N–H and O–H groups in total. The van der Waals surface area contributed by atoms with E-state index in [0.717, 1.165) is 32.1 Å². The normalized spacial score (nSPS) is 35.8. The second kappa shape index (κ2) is 5.64. The van der Waals surface area contributed by atoms with E-state index in [9.17, 15) is 9.59 Å². The molecule has 0 spiro atoms. The maximum Gasteiger partial charge on any atom is 0.305 e. The summed E-state index contributed by atoms with van der Waals surface area (Å²) in [6.07, 6.45) is 5.54. The molecule has 0 amide bonds. The van der Waals surface area contributed by atoms with Gasteiger partial charge < -0.3 is 4.74 Å². The van der Waals surface area contributed by atoms with Gasteiger partial charge in [-0.05, 0) is 42.9 Å². The predicted octanol–water partition coefficient (Wildman–Crippen LogP) is 3.36. The van der Waals surface area contributed by atoms with E-state index in [4.69, 9.17) is 4.74 Å². The van der Waals surface area contributed by atoms with Crippen molar-refractivity contribution in [2.45, 2.75) is 59.3 Å². The fraction of sp³-hybridized carbons (Fsp3) is 0.875. The van der Waals surface area contributed by atoms with E-state index in [2.05, 4.69) is 13.8 Å². The van der Waals surface area contributed by atoms with Gasteiger partial charge >= 0.3 is 5.97 Å². The highest BCUT2D eigenvalue weighted by atomic mass is 16.5. The SMILES string of the molecule is CCC(=O)OC[C@@H](C)[C@H]1CC[C@H]2C(=O)CCC[C@]12C. The summed E-state index contributed by atoms with van der Waals surface area (Å²) in [6.45, 7) is 6.78. The summed E-state index contributed by atoms with van der Waals surface area (Å²) in [6, 6.07) is 0. The molecule has 3 nitrogen and oxygen atoms in total. The average molecular weight is 266 g/mol. The molecule has 0 aromatic rings. The number of Topliss-reactive ketones (excluding diaryl/α,β-unsaturated/α-hetero) is 1. The first kappa shape index (κ1) is 14.5. The lowest BCUT2D eigenvalue weighted by Gasteiger charge is -2.42. The number of carbonyl (C=O) groups excluding carboxylic acids is 2. The molecule has 0 aromatic heterocycles. The average Bonchev–Trinajstić information content (AvgIpc) is 2.74. The highest BCUT2D eigenvalue weighted by molar-refractivity contribution is 5.83. The number of hydrogen-bond acceptors (Lipinski definition) is 3. The Labute approximate surface area is 116 Å². The monoisotopic (exact) mass is 266 g/mol. The van der Waals surface area contributed by atoms with E-state index in [1.807, 2.05) is 6.92 Å². The fourth-order valence-electron chi connectivity index (χ4n) is 4.35. The number of carbonyl (C=O) groups is 2. The number of hydrogen-bond donors (Lipinski definition) is 0. The lowest BCUT2D eigenvalue weighted by molar-refractivity contribution is -0.146. The first-order valence-corrected chi connectivity index (χ1v) is 7.67. The van der Waals surface area contributed by atoms with Gasteiger partial charge in [-0.15, -0.1) is 0 Å². The summed E-state index contributed by atoms with van der Waals surface area (Å²) in [7, 11) is 0. The van der Waals surface area contributed by atoms with Crippen LogP contribution in [0, 0.1) is 23.2 Å². The van der Waals surface area contributed by atoms with Crippen LogP contribution in [0.3, 0.4) is 0 Å². The van der Waals surface area contributed by atoms with Gasteiger partial charge in [-0.25, -0.2) is 0 Å². The van der Waals surface area contributed by atoms with Gasteiger partial charge in [0.2, 0.25) is 0 Å². The van der Waals surface area contributed by atoms with Gasteiger partial charge in [-0.1, -0.05) is 20.8 Å². The topological polar surface area (TPSA) is 43.4 Å². The minimum absolute atomic E-state index is 0.119. The Balaban J connectivity index is 2.00. The summed E-state index contributed by atoms with van der Waals surface area (Å²) in [5, 5.41) is 0. The molecule has 19 heavy (non-hydrogen) atoms. The van der Waals surface area contributed by atoms with Gasteiger partial charge in [0.05, 0.1) is 6.61 Å². The maximum absolute atomic E-state index is 12.1. The van der Waals surface area contributed by atoms with Crippen LogP contribution in [0.1, 0.15) is 59.3 Å². The van der Waals surface area contributed by atoms with Crippen molar-refractivity contribution in [1.82, 2.24) is 0 Å². The molecule has 0 bridgehead atoms. The highest BCUT2D eigenvalue weighted by Crippen LogP contribution is 2.56. The fourth-order valence-corrected chi connectivity index (χ4v) is 4.35. The summed E-state index contributed by atoms with van der Waals surface area (Å²) >= 11 is 0. The van der Waals surface area contributed by atoms with Gasteiger partial charge in [-0.3, -0.25) is 9.59 Å². The smallest absolute Gasteiger partial charge is 0.305 e. The van der Waals surface area contributed by atoms with E-state index < -0.39 is 0 Å². The van der Waals surface area contributed by atoms with Crippen LogP contribution in [-0.4, -0.2) is 18.4 Å². The second-order valence-electron chi connectivity index (χ2n) is 6.58. The molecule has 0 aromatic carbocycles. The first-order chi connectivity index (χ1) is 8.99. The van der Waals surface area contributed by atoms with Gasteiger partial charge in [0.1, 0.15) is 5.78 Å². The Bertz CT molecular complexity index is 363. The van der Waals surface area contributed by atoms with Gasteiger partial charge in [-0.2, -0.15) is 0 Å². The number of esters is 1. The van der Waals surface area contributed by atoms with Crippen molar-refractivity contribution >= 4 is 11.8 Å². The third-order valence-electron chi connectivity index (χ3n) is 5.42. The van der Waals surface area contributed by atoms with Crippen molar-refractivity contribution in [3.8, 4) is 0 Å². The molecule has 108 valence electrons. The van der Waals surface area contributed by atoms with Crippen molar-refractivity contribution in [2.24, 2.45) is 23.2 Å². The minimum Gasteiger partial charge on any atom is -0.465 e. The van der Waals surface area contributed by atoms with E-state index in [-0.39, 0.29) is 17.3 Å². The molecule has 2 aliphatic rings. The Morgan fingerprint density at radius 1 is 1.47 bits per heavy atom. The molecule has 2 saturated carbocycles. The Morgan fingerprint density at radius 2 is 2.21 bits per heavy atom. The molecule has 4 atom stereocenters. The first-order valence-electron chi connectivity index (χ1n) is 7.67. The highest BCUT2D eigenvalue weighted by Gasteiger charge is 2.52. The molecule has 2 fully saturated rings. The van der Waals surface area contributed by atoms with Gasteiger partial charge in [0, 0.05) is 18.8 Å². The molecule has 0 saturated heterocycles. The maximum atomic E-state index is 12.1. The van der Waals surface area contributed by atoms with Crippen LogP contribution < -0.4 is 0 Å². The van der Waals surface area contributed by atoms with Gasteiger partial charge in [0.25, 0.3) is 0 Å². The van der Waals surface area contributed by atoms with Gasteiger partial charge in [0.15, 0.2) is 0 Å². The Kier molecular flexibility index (Phi) is 4.32. The summed E-state index contributed by atoms with van der Waals surface area (Å²) < 4.78 is 5.29. The van der Waals surface area contributed by atoms with Crippen LogP contribution >= 0.6 is 0 Å². The largest absolute Gasteiger partial charge is 0.465 e. The predicted molar refractivity (Wildman–Crippen MR) is 73.6 cm³/mol. The van der Waals surface area contributed by atoms with Crippen LogP contribution in [0.2, 0.25) is 0 Å². The molecule has 0 unspecified atom stereocenters. The third-order valence-corrected chi connectivity index (χ3v) is 5.42. The molecule has 3 heteroatoms. The van der Waals surface area contributed by atoms with E-state index >= 15 is 0 Å². The minimum atomic E-state index is -0.119. The van der Waals surface area contributed by atoms with E-state index in [0.29, 0.717) is 30.6 Å². The number of rotatable bonds is 4. The number of ether oxygens (including phenoxy) is 1.